The molecule has 0 heterocycles. The Balaban J connectivity index is 2.28. The van der Waals surface area contributed by atoms with Crippen molar-refractivity contribution in [3.8, 4) is 0 Å². The van der Waals surface area contributed by atoms with E-state index in [2.05, 4.69) is 26.6 Å². The van der Waals surface area contributed by atoms with E-state index >= 15 is 0 Å². The van der Waals surface area contributed by atoms with Crippen LogP contribution in [0.1, 0.15) is 37.6 Å². The van der Waals surface area contributed by atoms with Gasteiger partial charge in [0.15, 0.2) is 0 Å². The lowest BCUT2D eigenvalue weighted by Crippen LogP contribution is -2.35. The lowest BCUT2D eigenvalue weighted by molar-refractivity contribution is -0.122. The van der Waals surface area contributed by atoms with E-state index in [9.17, 15) is 9.59 Å². The largest absolute Gasteiger partial charge is 0.354 e. The first-order chi connectivity index (χ1) is 9.28. The second-order valence-corrected chi connectivity index (χ2v) is 6.77. The maximum absolute atomic E-state index is 11.8. The number of benzene rings is 1. The summed E-state index contributed by atoms with van der Waals surface area (Å²) in [6, 6.07) is 7.18. The number of hydrogen-bond acceptors (Lipinski definition) is 2. The first kappa shape index (κ1) is 16.7. The monoisotopic (exact) mass is 340 g/mol. The second kappa shape index (κ2) is 7.43. The van der Waals surface area contributed by atoms with Crippen LogP contribution < -0.4 is 10.6 Å². The van der Waals surface area contributed by atoms with E-state index < -0.39 is 0 Å². The van der Waals surface area contributed by atoms with Crippen molar-refractivity contribution in [2.75, 3.05) is 13.1 Å². The average Bonchev–Trinajstić information content (AvgIpc) is 2.32. The highest BCUT2D eigenvalue weighted by molar-refractivity contribution is 9.10. The predicted molar refractivity (Wildman–Crippen MR) is 83.6 cm³/mol. The molecule has 20 heavy (non-hydrogen) atoms. The summed E-state index contributed by atoms with van der Waals surface area (Å²) < 4.78 is 0.864. The van der Waals surface area contributed by atoms with Gasteiger partial charge in [-0.3, -0.25) is 9.59 Å². The van der Waals surface area contributed by atoms with E-state index in [-0.39, 0.29) is 17.2 Å². The van der Waals surface area contributed by atoms with Crippen LogP contribution in [0.25, 0.3) is 0 Å². The first-order valence-electron chi connectivity index (χ1n) is 6.58. The molecule has 0 aliphatic carbocycles. The smallest absolute Gasteiger partial charge is 0.251 e. The Morgan fingerprint density at radius 3 is 2.40 bits per heavy atom. The summed E-state index contributed by atoms with van der Waals surface area (Å²) in [5.74, 6) is -0.134. The summed E-state index contributed by atoms with van der Waals surface area (Å²) in [5, 5.41) is 5.56. The number of carbonyl (C=O) groups is 2. The van der Waals surface area contributed by atoms with E-state index in [1.54, 1.807) is 12.1 Å². The molecule has 0 aliphatic heterocycles. The lowest BCUT2D eigenvalue weighted by atomic mass is 9.92. The van der Waals surface area contributed by atoms with Crippen molar-refractivity contribution >= 4 is 27.7 Å². The summed E-state index contributed by atoms with van der Waals surface area (Å²) in [5.41, 5.74) is 0.573. The number of carbonyl (C=O) groups excluding carboxylic acids is 2. The molecule has 2 amide bonds. The summed E-state index contributed by atoms with van der Waals surface area (Å²) in [7, 11) is 0. The Bertz CT molecular complexity index is 481. The van der Waals surface area contributed by atoms with Crippen LogP contribution in [-0.2, 0) is 4.79 Å². The molecule has 1 aromatic carbocycles. The third-order valence-corrected chi connectivity index (χ3v) is 3.00. The summed E-state index contributed by atoms with van der Waals surface area (Å²) in [4.78, 5) is 23.4. The van der Waals surface area contributed by atoms with Gasteiger partial charge in [0.2, 0.25) is 5.91 Å². The summed E-state index contributed by atoms with van der Waals surface area (Å²) in [6.45, 7) is 6.90. The van der Waals surface area contributed by atoms with E-state index in [1.807, 2.05) is 32.9 Å². The quantitative estimate of drug-likeness (QED) is 0.809. The van der Waals surface area contributed by atoms with Crippen LogP contribution in [0.4, 0.5) is 0 Å². The van der Waals surface area contributed by atoms with Crippen molar-refractivity contribution in [1.82, 2.24) is 10.6 Å². The van der Waals surface area contributed by atoms with Crippen LogP contribution >= 0.6 is 15.9 Å². The SMILES string of the molecule is CC(C)(C)CC(=O)NCCNC(=O)c1cccc(Br)c1. The Labute approximate surface area is 128 Å². The molecular weight excluding hydrogens is 320 g/mol. The molecule has 0 fully saturated rings. The molecule has 110 valence electrons. The zero-order valence-electron chi connectivity index (χ0n) is 12.1. The molecule has 0 saturated heterocycles. The van der Waals surface area contributed by atoms with Crippen molar-refractivity contribution in [3.63, 3.8) is 0 Å². The second-order valence-electron chi connectivity index (χ2n) is 5.85. The van der Waals surface area contributed by atoms with Crippen LogP contribution in [0.15, 0.2) is 28.7 Å². The van der Waals surface area contributed by atoms with Gasteiger partial charge in [0.25, 0.3) is 5.91 Å². The van der Waals surface area contributed by atoms with Gasteiger partial charge in [-0.15, -0.1) is 0 Å². The maximum atomic E-state index is 11.8. The van der Waals surface area contributed by atoms with E-state index in [0.717, 1.165) is 4.47 Å². The van der Waals surface area contributed by atoms with Crippen molar-refractivity contribution < 1.29 is 9.59 Å². The van der Waals surface area contributed by atoms with E-state index in [0.29, 0.717) is 25.1 Å². The van der Waals surface area contributed by atoms with Gasteiger partial charge in [0, 0.05) is 29.5 Å². The zero-order chi connectivity index (χ0) is 15.2. The van der Waals surface area contributed by atoms with Gasteiger partial charge in [-0.05, 0) is 23.6 Å². The molecule has 4 nitrogen and oxygen atoms in total. The first-order valence-corrected chi connectivity index (χ1v) is 7.38. The molecule has 1 aromatic rings. The van der Waals surface area contributed by atoms with Gasteiger partial charge < -0.3 is 10.6 Å². The molecule has 0 aromatic heterocycles. The van der Waals surface area contributed by atoms with Crippen LogP contribution in [0.3, 0.4) is 0 Å². The predicted octanol–water partition coefficient (Wildman–Crippen LogP) is 2.73. The number of amides is 2. The third-order valence-electron chi connectivity index (χ3n) is 2.51. The van der Waals surface area contributed by atoms with Gasteiger partial charge in [0.05, 0.1) is 0 Å². The average molecular weight is 341 g/mol. The molecule has 0 atom stereocenters. The van der Waals surface area contributed by atoms with Gasteiger partial charge in [-0.25, -0.2) is 0 Å². The highest BCUT2D eigenvalue weighted by Crippen LogP contribution is 2.17. The minimum Gasteiger partial charge on any atom is -0.354 e. The van der Waals surface area contributed by atoms with Crippen LogP contribution in [0.5, 0.6) is 0 Å². The van der Waals surface area contributed by atoms with Gasteiger partial charge in [-0.1, -0.05) is 42.8 Å². The molecule has 0 bridgehead atoms. The van der Waals surface area contributed by atoms with Gasteiger partial charge in [0.1, 0.15) is 0 Å². The highest BCUT2D eigenvalue weighted by Gasteiger charge is 2.15. The molecule has 5 heteroatoms. The van der Waals surface area contributed by atoms with Crippen LogP contribution in [0, 0.1) is 5.41 Å². The molecule has 0 saturated carbocycles. The van der Waals surface area contributed by atoms with E-state index in [1.165, 1.54) is 0 Å². The molecular formula is C15H21BrN2O2. The molecule has 0 spiro atoms. The molecule has 2 N–H and O–H groups in total. The van der Waals surface area contributed by atoms with Crippen LogP contribution in [-0.4, -0.2) is 24.9 Å². The van der Waals surface area contributed by atoms with Crippen molar-refractivity contribution in [2.24, 2.45) is 5.41 Å². The topological polar surface area (TPSA) is 58.2 Å². The Morgan fingerprint density at radius 1 is 1.15 bits per heavy atom. The number of nitrogens with one attached hydrogen (secondary N) is 2. The Morgan fingerprint density at radius 2 is 1.80 bits per heavy atom. The minimum atomic E-state index is -0.142. The minimum absolute atomic E-state index is 0.00852. The Kier molecular flexibility index (Phi) is 6.20. The zero-order valence-corrected chi connectivity index (χ0v) is 13.7. The maximum Gasteiger partial charge on any atom is 0.251 e. The van der Waals surface area contributed by atoms with Crippen molar-refractivity contribution in [3.05, 3.63) is 34.3 Å². The molecule has 0 radical (unpaired) electrons. The summed E-state index contributed by atoms with van der Waals surface area (Å²) in [6.07, 6.45) is 0.479. The van der Waals surface area contributed by atoms with Gasteiger partial charge >= 0.3 is 0 Å². The number of rotatable bonds is 5. The van der Waals surface area contributed by atoms with Gasteiger partial charge in [-0.2, -0.15) is 0 Å². The number of halogens is 1. The normalized spacial score (nSPS) is 11.0. The number of hydrogen-bond donors (Lipinski definition) is 2. The fourth-order valence-electron chi connectivity index (χ4n) is 1.65. The summed E-state index contributed by atoms with van der Waals surface area (Å²) >= 11 is 3.32. The molecule has 1 rings (SSSR count). The van der Waals surface area contributed by atoms with E-state index in [4.69, 9.17) is 0 Å². The Hall–Kier alpha value is -1.36. The fraction of sp³-hybridized carbons (Fsp3) is 0.467. The molecule has 0 unspecified atom stereocenters. The molecule has 0 aliphatic rings. The third kappa shape index (κ3) is 6.70. The highest BCUT2D eigenvalue weighted by atomic mass is 79.9. The fourth-order valence-corrected chi connectivity index (χ4v) is 2.05. The lowest BCUT2D eigenvalue weighted by Gasteiger charge is -2.17. The van der Waals surface area contributed by atoms with Crippen LogP contribution in [0.2, 0.25) is 0 Å². The van der Waals surface area contributed by atoms with Crippen molar-refractivity contribution in [1.29, 1.82) is 0 Å². The van der Waals surface area contributed by atoms with Crippen molar-refractivity contribution in [2.45, 2.75) is 27.2 Å². The standard InChI is InChI=1S/C15H21BrN2O2/c1-15(2,3)10-13(19)17-7-8-18-14(20)11-5-4-6-12(16)9-11/h4-6,9H,7-8,10H2,1-3H3,(H,17,19)(H,18,20).